The monoisotopic (exact) mass is 381 g/mol. The highest BCUT2D eigenvalue weighted by atomic mass is 19.3. The molecule has 0 atom stereocenters. The molecule has 6 nitrogen and oxygen atoms in total. The van der Waals surface area contributed by atoms with E-state index in [1.807, 2.05) is 0 Å². The number of carbonyl (C=O) groups excluding carboxylic acids is 2. The summed E-state index contributed by atoms with van der Waals surface area (Å²) < 4.78 is 32.7. The summed E-state index contributed by atoms with van der Waals surface area (Å²) in [5, 5.41) is 2.59. The molecule has 3 rings (SSSR count). The predicted molar refractivity (Wildman–Crippen MR) is 97.3 cm³/mol. The average Bonchev–Trinajstić information content (AvgIpc) is 2.71. The van der Waals surface area contributed by atoms with Crippen LogP contribution in [0.3, 0.4) is 0 Å². The zero-order valence-corrected chi connectivity index (χ0v) is 16.3. The Balaban J connectivity index is 1.97. The van der Waals surface area contributed by atoms with Gasteiger partial charge >= 0.3 is 6.09 Å². The van der Waals surface area contributed by atoms with Crippen LogP contribution in [0.25, 0.3) is 0 Å². The molecule has 1 spiro atoms. The molecule has 0 aromatic carbocycles. The van der Waals surface area contributed by atoms with E-state index in [4.69, 9.17) is 4.74 Å². The lowest BCUT2D eigenvalue weighted by atomic mass is 9.71. The summed E-state index contributed by atoms with van der Waals surface area (Å²) in [7, 11) is 1.64. The number of nitrogens with one attached hydrogen (secondary N) is 1. The first kappa shape index (κ1) is 19.5. The molecule has 1 N–H and O–H groups in total. The third-order valence-electron chi connectivity index (χ3n) is 5.15. The van der Waals surface area contributed by atoms with Gasteiger partial charge in [0.05, 0.1) is 16.8 Å². The summed E-state index contributed by atoms with van der Waals surface area (Å²) in [5.74, 6) is -2.72. The number of halogens is 2. The van der Waals surface area contributed by atoms with Crippen LogP contribution in [0.15, 0.2) is 6.07 Å². The number of anilines is 2. The van der Waals surface area contributed by atoms with Crippen molar-refractivity contribution in [3.8, 4) is 0 Å². The quantitative estimate of drug-likeness (QED) is 0.793. The van der Waals surface area contributed by atoms with Crippen molar-refractivity contribution in [3.05, 3.63) is 17.3 Å². The van der Waals surface area contributed by atoms with Gasteiger partial charge < -0.3 is 9.64 Å². The number of ether oxygens (including phenoxy) is 1. The van der Waals surface area contributed by atoms with Gasteiger partial charge in [0.15, 0.2) is 0 Å². The average molecular weight is 381 g/mol. The number of hydrogen-bond acceptors (Lipinski definition) is 4. The number of rotatable bonds is 1. The molecule has 0 unspecified atom stereocenters. The largest absolute Gasteiger partial charge is 0.444 e. The molecule has 2 amide bonds. The van der Waals surface area contributed by atoms with E-state index in [0.29, 0.717) is 11.4 Å². The fraction of sp³-hybridized carbons (Fsp3) is 0.632. The second kappa shape index (κ2) is 6.14. The molecule has 0 saturated heterocycles. The van der Waals surface area contributed by atoms with Crippen LogP contribution in [-0.2, 0) is 14.9 Å². The summed E-state index contributed by atoms with van der Waals surface area (Å²) >= 11 is 0. The molecule has 27 heavy (non-hydrogen) atoms. The van der Waals surface area contributed by atoms with E-state index >= 15 is 0 Å². The highest BCUT2D eigenvalue weighted by molar-refractivity contribution is 6.08. The SMILES string of the molecule is Cc1cc(NC(=O)OC(C)(C)C)nc2c1N(C)C(=O)C21CCC(F)(F)CC1. The summed E-state index contributed by atoms with van der Waals surface area (Å²) in [6, 6.07) is 1.66. The van der Waals surface area contributed by atoms with Gasteiger partial charge in [-0.2, -0.15) is 0 Å². The number of aryl methyl sites for hydroxylation is 1. The fourth-order valence-electron chi connectivity index (χ4n) is 3.91. The summed E-state index contributed by atoms with van der Waals surface area (Å²) in [6.07, 6.45) is -1.28. The summed E-state index contributed by atoms with van der Waals surface area (Å²) in [4.78, 5) is 31.0. The number of fused-ring (bicyclic) bond motifs is 2. The van der Waals surface area contributed by atoms with Crippen molar-refractivity contribution in [2.45, 2.75) is 70.3 Å². The van der Waals surface area contributed by atoms with Gasteiger partial charge in [0, 0.05) is 19.9 Å². The van der Waals surface area contributed by atoms with Crippen molar-refractivity contribution in [1.82, 2.24) is 4.98 Å². The van der Waals surface area contributed by atoms with Crippen molar-refractivity contribution in [3.63, 3.8) is 0 Å². The van der Waals surface area contributed by atoms with Crippen LogP contribution >= 0.6 is 0 Å². The number of aromatic nitrogens is 1. The Bertz CT molecular complexity index is 792. The van der Waals surface area contributed by atoms with E-state index < -0.39 is 23.0 Å². The minimum Gasteiger partial charge on any atom is -0.444 e. The van der Waals surface area contributed by atoms with Gasteiger partial charge in [-0.3, -0.25) is 10.1 Å². The van der Waals surface area contributed by atoms with Crippen molar-refractivity contribution in [2.75, 3.05) is 17.3 Å². The first-order valence-corrected chi connectivity index (χ1v) is 9.03. The lowest BCUT2D eigenvalue weighted by Gasteiger charge is -2.35. The van der Waals surface area contributed by atoms with E-state index in [9.17, 15) is 18.4 Å². The Morgan fingerprint density at radius 2 is 1.85 bits per heavy atom. The van der Waals surface area contributed by atoms with Gasteiger partial charge in [-0.25, -0.2) is 18.6 Å². The number of carbonyl (C=O) groups is 2. The molecule has 1 aromatic rings. The molecule has 2 aliphatic rings. The Labute approximate surface area is 157 Å². The predicted octanol–water partition coefficient (Wildman–Crippen LogP) is 4.16. The van der Waals surface area contributed by atoms with Crippen LogP contribution < -0.4 is 10.2 Å². The Hall–Kier alpha value is -2.25. The highest BCUT2D eigenvalue weighted by Crippen LogP contribution is 2.53. The van der Waals surface area contributed by atoms with Gasteiger partial charge in [-0.1, -0.05) is 0 Å². The number of amides is 2. The summed E-state index contributed by atoms with van der Waals surface area (Å²) in [5.41, 5.74) is 0.136. The van der Waals surface area contributed by atoms with E-state index in [1.165, 1.54) is 4.90 Å². The van der Waals surface area contributed by atoms with Gasteiger partial charge in [-0.05, 0) is 52.2 Å². The standard InChI is InChI=1S/C19H25F2N3O3/c1-11-10-12(23-16(26)27-17(2,3)4)22-14-13(11)24(5)15(25)18(14)6-8-19(20,21)9-7-18/h10H,6-9H2,1-5H3,(H,22,23,26). The second-order valence-corrected chi connectivity index (χ2v) is 8.45. The van der Waals surface area contributed by atoms with E-state index in [0.717, 1.165) is 5.56 Å². The molecule has 8 heteroatoms. The van der Waals surface area contributed by atoms with Gasteiger partial charge in [0.2, 0.25) is 11.8 Å². The van der Waals surface area contributed by atoms with Crippen molar-refractivity contribution < 1.29 is 23.1 Å². The summed E-state index contributed by atoms with van der Waals surface area (Å²) in [6.45, 7) is 7.05. The number of nitrogens with zero attached hydrogens (tertiary/aromatic N) is 2. The third kappa shape index (κ3) is 3.49. The zero-order chi connectivity index (χ0) is 20.2. The molecular formula is C19H25F2N3O3. The van der Waals surface area contributed by atoms with Gasteiger partial charge in [0.1, 0.15) is 11.4 Å². The minimum absolute atomic E-state index is 0.0402. The Kier molecular flexibility index (Phi) is 4.44. The van der Waals surface area contributed by atoms with Crippen LogP contribution in [0.5, 0.6) is 0 Å². The zero-order valence-electron chi connectivity index (χ0n) is 16.3. The number of pyridine rings is 1. The van der Waals surface area contributed by atoms with Gasteiger partial charge in [0.25, 0.3) is 0 Å². The first-order valence-electron chi connectivity index (χ1n) is 9.03. The molecule has 148 valence electrons. The molecule has 1 aromatic heterocycles. The van der Waals surface area contributed by atoms with E-state index in [-0.39, 0.29) is 37.4 Å². The fourth-order valence-corrected chi connectivity index (χ4v) is 3.91. The maximum Gasteiger partial charge on any atom is 0.413 e. The number of likely N-dealkylation sites (N-methyl/N-ethyl adjacent to an activating group) is 1. The molecule has 2 heterocycles. The smallest absolute Gasteiger partial charge is 0.413 e. The van der Waals surface area contributed by atoms with E-state index in [2.05, 4.69) is 10.3 Å². The molecule has 1 aliphatic carbocycles. The first-order chi connectivity index (χ1) is 12.3. The molecule has 0 bridgehead atoms. The van der Waals surface area contributed by atoms with Crippen molar-refractivity contribution in [1.29, 1.82) is 0 Å². The van der Waals surface area contributed by atoms with Gasteiger partial charge in [-0.15, -0.1) is 0 Å². The molecular weight excluding hydrogens is 356 g/mol. The van der Waals surface area contributed by atoms with E-state index in [1.54, 1.807) is 40.8 Å². The Morgan fingerprint density at radius 1 is 1.26 bits per heavy atom. The maximum absolute atomic E-state index is 13.7. The number of alkyl halides is 2. The Morgan fingerprint density at radius 3 is 2.41 bits per heavy atom. The lowest BCUT2D eigenvalue weighted by molar-refractivity contribution is -0.128. The van der Waals surface area contributed by atoms with Crippen LogP contribution in [0.2, 0.25) is 0 Å². The molecule has 1 fully saturated rings. The number of hydrogen-bond donors (Lipinski definition) is 1. The molecule has 1 saturated carbocycles. The highest BCUT2D eigenvalue weighted by Gasteiger charge is 2.56. The van der Waals surface area contributed by atoms with Crippen molar-refractivity contribution in [2.24, 2.45) is 0 Å². The van der Waals surface area contributed by atoms with Crippen molar-refractivity contribution >= 4 is 23.5 Å². The second-order valence-electron chi connectivity index (χ2n) is 8.45. The van der Waals surface area contributed by atoms with Crippen LogP contribution in [-0.4, -0.2) is 35.6 Å². The lowest BCUT2D eigenvalue weighted by Crippen LogP contribution is -2.44. The van der Waals surface area contributed by atoms with Crippen LogP contribution in [0.4, 0.5) is 25.1 Å². The minimum atomic E-state index is -2.76. The molecule has 0 radical (unpaired) electrons. The van der Waals surface area contributed by atoms with Crippen LogP contribution in [0.1, 0.15) is 57.7 Å². The normalized spacial score (nSPS) is 20.6. The third-order valence-corrected chi connectivity index (χ3v) is 5.15. The maximum atomic E-state index is 13.7. The topological polar surface area (TPSA) is 71.5 Å². The van der Waals surface area contributed by atoms with Crippen LogP contribution in [0, 0.1) is 6.92 Å². The molecule has 1 aliphatic heterocycles.